The summed E-state index contributed by atoms with van der Waals surface area (Å²) < 4.78 is 0. The zero-order valence-corrected chi connectivity index (χ0v) is 11.6. The first-order chi connectivity index (χ1) is 9.20. The number of hydrogen-bond donors (Lipinski definition) is 2. The molecule has 104 valence electrons. The Hall–Kier alpha value is -1.35. The summed E-state index contributed by atoms with van der Waals surface area (Å²) in [6.45, 7) is 2.92. The molecule has 0 heterocycles. The minimum Gasteiger partial charge on any atom is -0.396 e. The van der Waals surface area contributed by atoms with E-state index in [-0.39, 0.29) is 12.5 Å². The summed E-state index contributed by atoms with van der Waals surface area (Å²) in [6, 6.07) is 6.05. The van der Waals surface area contributed by atoms with E-state index in [1.165, 1.54) is 17.5 Å². The number of carbonyl (C=O) groups is 1. The van der Waals surface area contributed by atoms with Gasteiger partial charge in [-0.15, -0.1) is 0 Å². The lowest BCUT2D eigenvalue weighted by Gasteiger charge is -2.09. The summed E-state index contributed by atoms with van der Waals surface area (Å²) in [7, 11) is 0. The number of hydrogen-bond acceptors (Lipinski definition) is 2. The zero-order valence-electron chi connectivity index (χ0n) is 11.6. The molecule has 1 aliphatic rings. The van der Waals surface area contributed by atoms with Gasteiger partial charge in [-0.25, -0.2) is 0 Å². The number of aliphatic hydroxyl groups is 1. The van der Waals surface area contributed by atoms with Gasteiger partial charge in [0, 0.05) is 18.7 Å². The Morgan fingerprint density at radius 3 is 2.95 bits per heavy atom. The van der Waals surface area contributed by atoms with Crippen LogP contribution < -0.4 is 5.32 Å². The summed E-state index contributed by atoms with van der Waals surface area (Å²) >= 11 is 0. The second-order valence-electron chi connectivity index (χ2n) is 5.52. The van der Waals surface area contributed by atoms with Crippen molar-refractivity contribution in [3.8, 4) is 0 Å². The van der Waals surface area contributed by atoms with Gasteiger partial charge < -0.3 is 10.4 Å². The van der Waals surface area contributed by atoms with Crippen molar-refractivity contribution >= 4 is 5.91 Å². The molecule has 1 aromatic rings. The fourth-order valence-corrected chi connectivity index (χ4v) is 2.56. The molecular formula is C16H23NO2. The molecule has 0 aromatic heterocycles. The summed E-state index contributed by atoms with van der Waals surface area (Å²) in [4.78, 5) is 12.0. The molecule has 0 radical (unpaired) electrons. The highest BCUT2D eigenvalue weighted by atomic mass is 16.3. The molecule has 0 saturated heterocycles. The van der Waals surface area contributed by atoms with Crippen LogP contribution in [-0.2, 0) is 12.8 Å². The second kappa shape index (κ2) is 6.71. The Morgan fingerprint density at radius 1 is 1.37 bits per heavy atom. The minimum atomic E-state index is 0.0198. The lowest BCUT2D eigenvalue weighted by atomic mass is 10.1. The third kappa shape index (κ3) is 3.80. The molecule has 3 nitrogen and oxygen atoms in total. The summed E-state index contributed by atoms with van der Waals surface area (Å²) in [5.41, 5.74) is 3.51. The van der Waals surface area contributed by atoms with Crippen LogP contribution in [0.4, 0.5) is 0 Å². The number of aryl methyl sites for hydroxylation is 2. The van der Waals surface area contributed by atoms with Crippen LogP contribution in [0.1, 0.15) is 47.7 Å². The molecule has 0 aliphatic heterocycles. The Morgan fingerprint density at radius 2 is 2.16 bits per heavy atom. The van der Waals surface area contributed by atoms with Crippen LogP contribution in [0, 0.1) is 5.92 Å². The molecule has 2 rings (SSSR count). The molecule has 0 spiro atoms. The number of nitrogens with one attached hydrogen (secondary N) is 1. The number of benzene rings is 1. The minimum absolute atomic E-state index is 0.0198. The smallest absolute Gasteiger partial charge is 0.251 e. The van der Waals surface area contributed by atoms with Crippen molar-refractivity contribution in [2.75, 3.05) is 13.2 Å². The standard InChI is InChI=1S/C16H23NO2/c1-12(11-18)4-3-9-17-16(19)15-8-7-13-5-2-6-14(13)10-15/h7-8,10,12,18H,2-6,9,11H2,1H3,(H,17,19). The monoisotopic (exact) mass is 261 g/mol. The number of fused-ring (bicyclic) bond motifs is 1. The van der Waals surface area contributed by atoms with Crippen LogP contribution in [0.2, 0.25) is 0 Å². The van der Waals surface area contributed by atoms with Gasteiger partial charge in [0.2, 0.25) is 0 Å². The van der Waals surface area contributed by atoms with Crippen LogP contribution in [0.25, 0.3) is 0 Å². The number of aliphatic hydroxyl groups excluding tert-OH is 1. The van der Waals surface area contributed by atoms with Crippen molar-refractivity contribution in [2.45, 2.75) is 39.0 Å². The third-order valence-electron chi connectivity index (χ3n) is 3.83. The van der Waals surface area contributed by atoms with E-state index in [9.17, 15) is 4.79 Å². The van der Waals surface area contributed by atoms with E-state index in [0.717, 1.165) is 31.2 Å². The SMILES string of the molecule is CC(CO)CCCNC(=O)c1ccc2c(c1)CCC2. The molecule has 3 heteroatoms. The maximum absolute atomic E-state index is 12.0. The summed E-state index contributed by atoms with van der Waals surface area (Å²) in [6.07, 6.45) is 5.32. The van der Waals surface area contributed by atoms with Gasteiger partial charge in [-0.3, -0.25) is 4.79 Å². The molecule has 19 heavy (non-hydrogen) atoms. The molecule has 1 unspecified atom stereocenters. The molecule has 1 aliphatic carbocycles. The molecule has 0 saturated carbocycles. The largest absolute Gasteiger partial charge is 0.396 e. The Kier molecular flexibility index (Phi) is 4.97. The summed E-state index contributed by atoms with van der Waals surface area (Å²) in [5.74, 6) is 0.336. The quantitative estimate of drug-likeness (QED) is 0.772. The first kappa shape index (κ1) is 14.1. The van der Waals surface area contributed by atoms with E-state index >= 15 is 0 Å². The molecule has 1 atom stereocenters. The van der Waals surface area contributed by atoms with Crippen LogP contribution in [-0.4, -0.2) is 24.2 Å². The normalized spacial score (nSPS) is 15.1. The lowest BCUT2D eigenvalue weighted by molar-refractivity contribution is 0.0952. The van der Waals surface area contributed by atoms with Gasteiger partial charge in [-0.1, -0.05) is 13.0 Å². The van der Waals surface area contributed by atoms with Crippen molar-refractivity contribution in [1.82, 2.24) is 5.32 Å². The van der Waals surface area contributed by atoms with Crippen molar-refractivity contribution in [1.29, 1.82) is 0 Å². The lowest BCUT2D eigenvalue weighted by Crippen LogP contribution is -2.25. The van der Waals surface area contributed by atoms with E-state index in [4.69, 9.17) is 5.11 Å². The highest BCUT2D eigenvalue weighted by Gasteiger charge is 2.13. The molecule has 1 aromatic carbocycles. The topological polar surface area (TPSA) is 49.3 Å². The second-order valence-corrected chi connectivity index (χ2v) is 5.52. The van der Waals surface area contributed by atoms with Gasteiger partial charge >= 0.3 is 0 Å². The Bertz CT molecular complexity index is 442. The van der Waals surface area contributed by atoms with Gasteiger partial charge in [-0.2, -0.15) is 0 Å². The van der Waals surface area contributed by atoms with E-state index in [0.29, 0.717) is 12.5 Å². The van der Waals surface area contributed by atoms with Gasteiger partial charge in [0.1, 0.15) is 0 Å². The Labute approximate surface area is 115 Å². The van der Waals surface area contributed by atoms with Gasteiger partial charge in [0.15, 0.2) is 0 Å². The molecule has 0 bridgehead atoms. The van der Waals surface area contributed by atoms with Gasteiger partial charge in [0.25, 0.3) is 5.91 Å². The van der Waals surface area contributed by atoms with Crippen LogP contribution in [0.5, 0.6) is 0 Å². The zero-order chi connectivity index (χ0) is 13.7. The van der Waals surface area contributed by atoms with E-state index in [1.54, 1.807) is 0 Å². The third-order valence-corrected chi connectivity index (χ3v) is 3.83. The van der Waals surface area contributed by atoms with Crippen molar-refractivity contribution in [3.63, 3.8) is 0 Å². The van der Waals surface area contributed by atoms with E-state index in [1.807, 2.05) is 19.1 Å². The molecule has 2 N–H and O–H groups in total. The van der Waals surface area contributed by atoms with Gasteiger partial charge in [0.05, 0.1) is 0 Å². The maximum atomic E-state index is 12.0. The molecule has 0 fully saturated rings. The first-order valence-corrected chi connectivity index (χ1v) is 7.21. The van der Waals surface area contributed by atoms with Crippen LogP contribution in [0.3, 0.4) is 0 Å². The highest BCUT2D eigenvalue weighted by molar-refractivity contribution is 5.94. The fourth-order valence-electron chi connectivity index (χ4n) is 2.56. The number of rotatable bonds is 6. The molecular weight excluding hydrogens is 238 g/mol. The number of amides is 1. The van der Waals surface area contributed by atoms with Crippen LogP contribution >= 0.6 is 0 Å². The maximum Gasteiger partial charge on any atom is 0.251 e. The first-order valence-electron chi connectivity index (χ1n) is 7.21. The van der Waals surface area contributed by atoms with Crippen LogP contribution in [0.15, 0.2) is 18.2 Å². The van der Waals surface area contributed by atoms with E-state index < -0.39 is 0 Å². The van der Waals surface area contributed by atoms with Crippen molar-refractivity contribution in [3.05, 3.63) is 34.9 Å². The highest BCUT2D eigenvalue weighted by Crippen LogP contribution is 2.22. The summed E-state index contributed by atoms with van der Waals surface area (Å²) in [5, 5.41) is 11.9. The van der Waals surface area contributed by atoms with Crippen molar-refractivity contribution in [2.24, 2.45) is 5.92 Å². The average Bonchev–Trinajstić information content (AvgIpc) is 2.90. The Balaban J connectivity index is 1.80. The predicted octanol–water partition coefficient (Wildman–Crippen LogP) is 2.31. The van der Waals surface area contributed by atoms with Crippen molar-refractivity contribution < 1.29 is 9.90 Å². The average molecular weight is 261 g/mol. The predicted molar refractivity (Wildman–Crippen MR) is 76.3 cm³/mol. The fraction of sp³-hybridized carbons (Fsp3) is 0.562. The van der Waals surface area contributed by atoms with Gasteiger partial charge in [-0.05, 0) is 61.3 Å². The van der Waals surface area contributed by atoms with E-state index in [2.05, 4.69) is 11.4 Å². The molecule has 1 amide bonds. The number of carbonyl (C=O) groups excluding carboxylic acids is 1.